The third-order valence-electron chi connectivity index (χ3n) is 6.57. The third-order valence-corrected chi connectivity index (χ3v) is 6.57. The summed E-state index contributed by atoms with van der Waals surface area (Å²) >= 11 is 0. The summed E-state index contributed by atoms with van der Waals surface area (Å²) < 4.78 is 12.5. The lowest BCUT2D eigenvalue weighted by Gasteiger charge is -2.32. The van der Waals surface area contributed by atoms with Crippen molar-refractivity contribution >= 4 is 12.6 Å². The van der Waals surface area contributed by atoms with Gasteiger partial charge in [0.1, 0.15) is 0 Å². The zero-order chi connectivity index (χ0) is 24.6. The van der Waals surface area contributed by atoms with Crippen molar-refractivity contribution in [3.8, 4) is 40.2 Å². The molecule has 1 aliphatic rings. The largest absolute Gasteiger partial charge is 0.494 e. The Balaban J connectivity index is 1.65. The van der Waals surface area contributed by atoms with E-state index in [1.54, 1.807) is 12.1 Å². The van der Waals surface area contributed by atoms with E-state index in [0.717, 1.165) is 16.6 Å². The van der Waals surface area contributed by atoms with Crippen LogP contribution in [0, 0.1) is 11.3 Å². The zero-order valence-corrected chi connectivity index (χ0v) is 20.2. The maximum Gasteiger partial charge on any atom is 0.494 e. The van der Waals surface area contributed by atoms with Crippen molar-refractivity contribution in [2.24, 2.45) is 0 Å². The normalized spacial score (nSPS) is 16.1. The first-order chi connectivity index (χ1) is 16.8. The molecule has 0 radical (unpaired) electrons. The molecule has 0 unspecified atom stereocenters. The van der Waals surface area contributed by atoms with Crippen LogP contribution in [0.4, 0.5) is 0 Å². The summed E-state index contributed by atoms with van der Waals surface area (Å²) in [6, 6.07) is 27.4. The Labute approximate surface area is 205 Å². The molecule has 35 heavy (non-hydrogen) atoms. The van der Waals surface area contributed by atoms with E-state index in [2.05, 4.69) is 6.07 Å². The number of nitrogens with zero attached hydrogens (tertiary/aromatic N) is 4. The van der Waals surface area contributed by atoms with Crippen LogP contribution >= 0.6 is 0 Å². The third kappa shape index (κ3) is 4.46. The van der Waals surface area contributed by atoms with E-state index in [1.807, 2.05) is 94.4 Å². The average molecular weight is 460 g/mol. The van der Waals surface area contributed by atoms with Crippen LogP contribution in [0.25, 0.3) is 34.2 Å². The van der Waals surface area contributed by atoms with Gasteiger partial charge >= 0.3 is 7.12 Å². The smallest absolute Gasteiger partial charge is 0.399 e. The lowest BCUT2D eigenvalue weighted by molar-refractivity contribution is 0.00578. The van der Waals surface area contributed by atoms with E-state index in [9.17, 15) is 5.26 Å². The predicted octanol–water partition coefficient (Wildman–Crippen LogP) is 5.04. The van der Waals surface area contributed by atoms with E-state index < -0.39 is 18.3 Å². The Morgan fingerprint density at radius 2 is 1.11 bits per heavy atom. The van der Waals surface area contributed by atoms with Crippen molar-refractivity contribution < 1.29 is 9.31 Å². The number of hydrogen-bond acceptors (Lipinski definition) is 6. The summed E-state index contributed by atoms with van der Waals surface area (Å²) in [5, 5.41) is 9.76. The van der Waals surface area contributed by atoms with Gasteiger partial charge in [-0.05, 0) is 45.3 Å². The van der Waals surface area contributed by atoms with Gasteiger partial charge in [-0.15, -0.1) is 0 Å². The van der Waals surface area contributed by atoms with Crippen molar-refractivity contribution in [1.29, 1.82) is 5.26 Å². The minimum Gasteiger partial charge on any atom is -0.399 e. The van der Waals surface area contributed by atoms with Crippen molar-refractivity contribution in [1.82, 2.24) is 15.0 Å². The van der Waals surface area contributed by atoms with E-state index >= 15 is 0 Å². The van der Waals surface area contributed by atoms with Crippen LogP contribution in [0.3, 0.4) is 0 Å². The van der Waals surface area contributed by atoms with Crippen LogP contribution in [0.2, 0.25) is 0 Å². The molecule has 0 atom stereocenters. The van der Waals surface area contributed by atoms with Crippen LogP contribution < -0.4 is 5.46 Å². The van der Waals surface area contributed by atoms with Crippen LogP contribution in [0.1, 0.15) is 33.3 Å². The summed E-state index contributed by atoms with van der Waals surface area (Å²) in [7, 11) is -0.601. The lowest BCUT2D eigenvalue weighted by Crippen LogP contribution is -2.41. The highest BCUT2D eigenvalue weighted by Crippen LogP contribution is 2.37. The molecule has 5 rings (SSSR count). The van der Waals surface area contributed by atoms with Gasteiger partial charge in [0.25, 0.3) is 0 Å². The van der Waals surface area contributed by atoms with E-state index in [-0.39, 0.29) is 0 Å². The van der Waals surface area contributed by atoms with Gasteiger partial charge < -0.3 is 9.31 Å². The molecule has 1 aliphatic heterocycles. The summed E-state index contributed by atoms with van der Waals surface area (Å²) in [6.45, 7) is 8.03. The van der Waals surface area contributed by atoms with Gasteiger partial charge in [0, 0.05) is 16.7 Å². The van der Waals surface area contributed by atoms with Gasteiger partial charge in [0.05, 0.1) is 22.8 Å². The standard InChI is InChI=1S/C28H25BN4O2/c1-27(2)28(3,4)35-29(34-27)23-16-19(18-30)15-22(17-23)26-32-24(20-11-7-5-8-12-20)31-25(33-26)21-13-9-6-10-14-21/h5-17H,1-4H3. The van der Waals surface area contributed by atoms with Gasteiger partial charge in [-0.25, -0.2) is 15.0 Å². The lowest BCUT2D eigenvalue weighted by atomic mass is 9.77. The Hall–Kier alpha value is -3.86. The summed E-state index contributed by atoms with van der Waals surface area (Å²) in [4.78, 5) is 14.3. The van der Waals surface area contributed by atoms with Gasteiger partial charge in [-0.1, -0.05) is 66.7 Å². The molecule has 2 heterocycles. The van der Waals surface area contributed by atoms with E-state index in [1.165, 1.54) is 0 Å². The van der Waals surface area contributed by atoms with Crippen LogP contribution in [-0.2, 0) is 9.31 Å². The van der Waals surface area contributed by atoms with Crippen LogP contribution in [0.5, 0.6) is 0 Å². The molecule has 1 aromatic heterocycles. The molecule has 0 N–H and O–H groups in total. The number of benzene rings is 3. The second-order valence-corrected chi connectivity index (χ2v) is 9.58. The average Bonchev–Trinajstić information content (AvgIpc) is 3.11. The molecule has 0 bridgehead atoms. The van der Waals surface area contributed by atoms with Gasteiger partial charge in [-0.2, -0.15) is 5.26 Å². The molecule has 0 amide bonds. The van der Waals surface area contributed by atoms with Gasteiger partial charge in [0.15, 0.2) is 17.5 Å². The second kappa shape index (κ2) is 8.73. The number of aromatic nitrogens is 3. The maximum atomic E-state index is 9.76. The number of rotatable bonds is 4. The summed E-state index contributed by atoms with van der Waals surface area (Å²) in [5.74, 6) is 1.61. The van der Waals surface area contributed by atoms with Crippen molar-refractivity contribution in [3.63, 3.8) is 0 Å². The second-order valence-electron chi connectivity index (χ2n) is 9.58. The highest BCUT2D eigenvalue weighted by atomic mass is 16.7. The molecule has 4 aromatic rings. The first kappa shape index (κ1) is 22.9. The summed E-state index contributed by atoms with van der Waals surface area (Å²) in [5.41, 5.74) is 2.72. The fourth-order valence-corrected chi connectivity index (χ4v) is 3.90. The molecule has 1 fully saturated rings. The number of hydrogen-bond donors (Lipinski definition) is 0. The first-order valence-electron chi connectivity index (χ1n) is 11.5. The summed E-state index contributed by atoms with van der Waals surface area (Å²) in [6.07, 6.45) is 0. The fourth-order valence-electron chi connectivity index (χ4n) is 3.90. The van der Waals surface area contributed by atoms with Crippen molar-refractivity contribution in [3.05, 3.63) is 84.4 Å². The minimum absolute atomic E-state index is 0.479. The SMILES string of the molecule is CC1(C)OB(c2cc(C#N)cc(-c3nc(-c4ccccc4)nc(-c4ccccc4)n3)c2)OC1(C)C. The molecule has 0 saturated carbocycles. The van der Waals surface area contributed by atoms with Crippen molar-refractivity contribution in [2.45, 2.75) is 38.9 Å². The Morgan fingerprint density at radius 1 is 0.657 bits per heavy atom. The highest BCUT2D eigenvalue weighted by molar-refractivity contribution is 6.62. The molecule has 0 spiro atoms. The molecular weight excluding hydrogens is 435 g/mol. The molecule has 172 valence electrons. The van der Waals surface area contributed by atoms with Gasteiger partial charge in [0.2, 0.25) is 0 Å². The molecule has 3 aromatic carbocycles. The van der Waals surface area contributed by atoms with Gasteiger partial charge in [-0.3, -0.25) is 0 Å². The monoisotopic (exact) mass is 460 g/mol. The minimum atomic E-state index is -0.601. The maximum absolute atomic E-state index is 9.76. The van der Waals surface area contributed by atoms with Crippen LogP contribution in [0.15, 0.2) is 78.9 Å². The Bertz CT molecular complexity index is 1340. The predicted molar refractivity (Wildman–Crippen MR) is 137 cm³/mol. The molecule has 7 heteroatoms. The molecule has 1 saturated heterocycles. The Kier molecular flexibility index (Phi) is 5.72. The molecule has 6 nitrogen and oxygen atoms in total. The highest BCUT2D eigenvalue weighted by Gasteiger charge is 2.51. The van der Waals surface area contributed by atoms with Crippen molar-refractivity contribution in [2.75, 3.05) is 0 Å². The topological polar surface area (TPSA) is 80.9 Å². The molecule has 0 aliphatic carbocycles. The Morgan fingerprint density at radius 3 is 1.57 bits per heavy atom. The molecular formula is C28H25BN4O2. The van der Waals surface area contributed by atoms with E-state index in [0.29, 0.717) is 28.6 Å². The first-order valence-corrected chi connectivity index (χ1v) is 11.5. The van der Waals surface area contributed by atoms with Crippen LogP contribution in [-0.4, -0.2) is 33.3 Å². The number of nitriles is 1. The zero-order valence-electron chi connectivity index (χ0n) is 20.2. The quantitative estimate of drug-likeness (QED) is 0.397. The van der Waals surface area contributed by atoms with E-state index in [4.69, 9.17) is 24.3 Å². The fraction of sp³-hybridized carbons (Fsp3) is 0.214.